The Balaban J connectivity index is 1.05. The van der Waals surface area contributed by atoms with Gasteiger partial charge in [0.25, 0.3) is 0 Å². The molecule has 8 aromatic carbocycles. The maximum absolute atomic E-state index is 2.44. The van der Waals surface area contributed by atoms with Gasteiger partial charge in [0.2, 0.25) is 0 Å². The Labute approximate surface area is 318 Å². The number of hydrogen-bond acceptors (Lipinski definition) is 2. The number of benzene rings is 8. The summed E-state index contributed by atoms with van der Waals surface area (Å²) in [6.07, 6.45) is 0. The molecular formula is C51H36N2S. The molecular weight excluding hydrogens is 673 g/mol. The van der Waals surface area contributed by atoms with Crippen LogP contribution in [0.1, 0.15) is 25.0 Å². The van der Waals surface area contributed by atoms with E-state index in [0.717, 1.165) is 17.1 Å². The molecule has 54 heavy (non-hydrogen) atoms. The first-order chi connectivity index (χ1) is 26.5. The summed E-state index contributed by atoms with van der Waals surface area (Å²) in [6, 6.07) is 67.1. The predicted molar refractivity (Wildman–Crippen MR) is 231 cm³/mol. The highest BCUT2D eigenvalue weighted by molar-refractivity contribution is 7.25. The van der Waals surface area contributed by atoms with E-state index in [1.807, 2.05) is 11.3 Å². The Bertz CT molecular complexity index is 3070. The largest absolute Gasteiger partial charge is 0.310 e. The summed E-state index contributed by atoms with van der Waals surface area (Å²) >= 11 is 1.86. The monoisotopic (exact) mass is 708 g/mol. The van der Waals surface area contributed by atoms with Crippen molar-refractivity contribution in [2.45, 2.75) is 19.3 Å². The summed E-state index contributed by atoms with van der Waals surface area (Å²) < 4.78 is 5.01. The van der Waals surface area contributed by atoms with E-state index >= 15 is 0 Å². The second-order valence-electron chi connectivity index (χ2n) is 15.0. The fraction of sp³-hybridized carbons (Fsp3) is 0.0588. The van der Waals surface area contributed by atoms with Crippen molar-refractivity contribution in [1.82, 2.24) is 4.57 Å². The number of para-hydroxylation sites is 2. The van der Waals surface area contributed by atoms with Gasteiger partial charge in [-0.3, -0.25) is 0 Å². The van der Waals surface area contributed by atoms with Crippen LogP contribution >= 0.6 is 11.3 Å². The molecule has 0 amide bonds. The van der Waals surface area contributed by atoms with Crippen LogP contribution in [0, 0.1) is 0 Å². The van der Waals surface area contributed by atoms with E-state index < -0.39 is 0 Å². The smallest absolute Gasteiger partial charge is 0.0541 e. The van der Waals surface area contributed by atoms with Gasteiger partial charge >= 0.3 is 0 Å². The normalized spacial score (nSPS) is 13.1. The van der Waals surface area contributed by atoms with Crippen LogP contribution in [0.25, 0.3) is 69.9 Å². The van der Waals surface area contributed by atoms with E-state index in [1.165, 1.54) is 81.0 Å². The summed E-state index contributed by atoms with van der Waals surface area (Å²) in [7, 11) is 0. The third kappa shape index (κ3) is 4.65. The number of anilines is 3. The number of fused-ring (bicyclic) bond motifs is 9. The summed E-state index contributed by atoms with van der Waals surface area (Å²) in [5.41, 5.74) is 14.8. The summed E-state index contributed by atoms with van der Waals surface area (Å²) in [4.78, 5) is 2.44. The standard InChI is InChI=1S/C51H36N2S/c1-51(2)45-17-9-6-14-39(45)40-27-25-38(32-46(40)51)52(37-26-29-50-44(31-37)42-16-8-11-19-49(42)54-50)36-23-20-33(21-24-36)34-22-28-48-43(30-34)41-15-7-10-18-47(41)53(48)35-12-4-3-5-13-35/h3-32H,1-2H3. The molecule has 11 rings (SSSR count). The lowest BCUT2D eigenvalue weighted by atomic mass is 9.82. The van der Waals surface area contributed by atoms with Crippen molar-refractivity contribution < 1.29 is 0 Å². The third-order valence-corrected chi connectivity index (χ3v) is 12.7. The van der Waals surface area contributed by atoms with Gasteiger partial charge in [0.05, 0.1) is 11.0 Å². The molecule has 0 unspecified atom stereocenters. The molecule has 0 fully saturated rings. The van der Waals surface area contributed by atoms with Crippen LogP contribution in [0.2, 0.25) is 0 Å². The molecule has 1 aliphatic rings. The minimum absolute atomic E-state index is 0.0900. The fourth-order valence-electron chi connectivity index (χ4n) is 8.94. The van der Waals surface area contributed by atoms with E-state index in [0.29, 0.717) is 0 Å². The molecule has 0 spiro atoms. The van der Waals surface area contributed by atoms with E-state index in [2.05, 4.69) is 205 Å². The van der Waals surface area contributed by atoms with Crippen molar-refractivity contribution in [3.05, 3.63) is 193 Å². The Kier molecular flexibility index (Phi) is 6.80. The molecule has 0 aliphatic heterocycles. The molecule has 256 valence electrons. The van der Waals surface area contributed by atoms with Gasteiger partial charge in [0.1, 0.15) is 0 Å². The highest BCUT2D eigenvalue weighted by atomic mass is 32.1. The fourth-order valence-corrected chi connectivity index (χ4v) is 10.0. The molecule has 2 nitrogen and oxygen atoms in total. The van der Waals surface area contributed by atoms with Crippen LogP contribution in [0.15, 0.2) is 182 Å². The molecule has 3 heteroatoms. The average Bonchev–Trinajstić information content (AvgIpc) is 3.84. The van der Waals surface area contributed by atoms with Crippen molar-refractivity contribution in [1.29, 1.82) is 0 Å². The van der Waals surface area contributed by atoms with Crippen molar-refractivity contribution in [3.8, 4) is 27.9 Å². The summed E-state index contributed by atoms with van der Waals surface area (Å²) in [5, 5.41) is 5.13. The summed E-state index contributed by atoms with van der Waals surface area (Å²) in [6.45, 7) is 4.72. The zero-order chi connectivity index (χ0) is 36.0. The molecule has 0 saturated carbocycles. The minimum atomic E-state index is -0.0900. The van der Waals surface area contributed by atoms with E-state index in [4.69, 9.17) is 0 Å². The SMILES string of the molecule is CC1(C)c2ccccc2-c2ccc(N(c3ccc(-c4ccc5c(c4)c4ccccc4n5-c4ccccc4)cc3)c3ccc4sc5ccccc5c4c3)cc21. The Morgan fingerprint density at radius 1 is 0.426 bits per heavy atom. The van der Waals surface area contributed by atoms with Crippen LogP contribution in [0.4, 0.5) is 17.1 Å². The summed E-state index contributed by atoms with van der Waals surface area (Å²) in [5.74, 6) is 0. The maximum atomic E-state index is 2.44. The lowest BCUT2D eigenvalue weighted by molar-refractivity contribution is 0.660. The molecule has 2 aromatic heterocycles. The molecule has 0 bridgehead atoms. The molecule has 0 N–H and O–H groups in total. The van der Waals surface area contributed by atoms with Gasteiger partial charge in [-0.1, -0.05) is 117 Å². The average molecular weight is 709 g/mol. The van der Waals surface area contributed by atoms with E-state index in [1.54, 1.807) is 0 Å². The molecule has 1 aliphatic carbocycles. The molecule has 0 radical (unpaired) electrons. The van der Waals surface area contributed by atoms with Crippen LogP contribution < -0.4 is 4.90 Å². The van der Waals surface area contributed by atoms with Crippen LogP contribution in [-0.4, -0.2) is 4.57 Å². The molecule has 10 aromatic rings. The van der Waals surface area contributed by atoms with Crippen LogP contribution in [0.3, 0.4) is 0 Å². The number of hydrogen-bond donors (Lipinski definition) is 0. The lowest BCUT2D eigenvalue weighted by Gasteiger charge is -2.28. The van der Waals surface area contributed by atoms with Crippen molar-refractivity contribution in [2.24, 2.45) is 0 Å². The number of rotatable bonds is 5. The highest BCUT2D eigenvalue weighted by Gasteiger charge is 2.35. The number of nitrogens with zero attached hydrogens (tertiary/aromatic N) is 2. The first kappa shape index (κ1) is 31.1. The van der Waals surface area contributed by atoms with Crippen LogP contribution in [-0.2, 0) is 5.41 Å². The van der Waals surface area contributed by atoms with Crippen LogP contribution in [0.5, 0.6) is 0 Å². The first-order valence-electron chi connectivity index (χ1n) is 18.7. The van der Waals surface area contributed by atoms with Gasteiger partial charge in [-0.05, 0) is 112 Å². The van der Waals surface area contributed by atoms with Gasteiger partial charge in [0, 0.05) is 59.1 Å². The highest BCUT2D eigenvalue weighted by Crippen LogP contribution is 2.51. The second kappa shape index (κ2) is 11.8. The number of thiophene rings is 1. The van der Waals surface area contributed by atoms with Crippen molar-refractivity contribution >= 4 is 70.4 Å². The van der Waals surface area contributed by atoms with Crippen molar-refractivity contribution in [2.75, 3.05) is 4.90 Å². The Hall–Kier alpha value is -6.42. The first-order valence-corrected chi connectivity index (χ1v) is 19.5. The topological polar surface area (TPSA) is 8.17 Å². The van der Waals surface area contributed by atoms with Gasteiger partial charge in [0.15, 0.2) is 0 Å². The quantitative estimate of drug-likeness (QED) is 0.173. The van der Waals surface area contributed by atoms with Gasteiger partial charge in [-0.2, -0.15) is 0 Å². The minimum Gasteiger partial charge on any atom is -0.310 e. The Morgan fingerprint density at radius 2 is 1.06 bits per heavy atom. The zero-order valence-electron chi connectivity index (χ0n) is 30.1. The molecule has 0 atom stereocenters. The van der Waals surface area contributed by atoms with Gasteiger partial charge in [-0.25, -0.2) is 0 Å². The Morgan fingerprint density at radius 3 is 1.93 bits per heavy atom. The van der Waals surface area contributed by atoms with Crippen molar-refractivity contribution in [3.63, 3.8) is 0 Å². The predicted octanol–water partition coefficient (Wildman–Crippen LogP) is 14.6. The molecule has 0 saturated heterocycles. The third-order valence-electron chi connectivity index (χ3n) is 11.6. The lowest BCUT2D eigenvalue weighted by Crippen LogP contribution is -2.16. The van der Waals surface area contributed by atoms with E-state index in [-0.39, 0.29) is 5.41 Å². The second-order valence-corrected chi connectivity index (χ2v) is 16.1. The molecule has 2 heterocycles. The van der Waals surface area contributed by atoms with E-state index in [9.17, 15) is 0 Å². The van der Waals surface area contributed by atoms with Gasteiger partial charge < -0.3 is 9.47 Å². The zero-order valence-corrected chi connectivity index (χ0v) is 30.9. The maximum Gasteiger partial charge on any atom is 0.0541 e. The van der Waals surface area contributed by atoms with Gasteiger partial charge in [-0.15, -0.1) is 11.3 Å². The number of aromatic nitrogens is 1.